The van der Waals surface area contributed by atoms with Crippen molar-refractivity contribution in [1.82, 2.24) is 9.78 Å². The van der Waals surface area contributed by atoms with Crippen LogP contribution in [0, 0.1) is 0 Å². The molecule has 0 fully saturated rings. The predicted molar refractivity (Wildman–Crippen MR) is 48.2 cm³/mol. The zero-order valence-corrected chi connectivity index (χ0v) is 7.69. The van der Waals surface area contributed by atoms with E-state index in [2.05, 4.69) is 10.4 Å². The van der Waals surface area contributed by atoms with Gasteiger partial charge in [-0.2, -0.15) is 5.10 Å². The zero-order chi connectivity index (χ0) is 9.84. The maximum atomic E-state index is 11.0. The highest BCUT2D eigenvalue weighted by molar-refractivity contribution is 5.93. The molecule has 0 spiro atoms. The zero-order valence-electron chi connectivity index (χ0n) is 7.69. The fourth-order valence-electron chi connectivity index (χ4n) is 0.848. The number of carbonyl (C=O) groups is 1. The van der Waals surface area contributed by atoms with Gasteiger partial charge in [-0.05, 0) is 13.8 Å². The lowest BCUT2D eigenvalue weighted by Gasteiger charge is -2.03. The summed E-state index contributed by atoms with van der Waals surface area (Å²) >= 11 is 0. The first-order chi connectivity index (χ1) is 6.13. The minimum absolute atomic E-state index is 0.421. The molecule has 0 aromatic carbocycles. The van der Waals surface area contributed by atoms with Crippen molar-refractivity contribution in [3.8, 4) is 0 Å². The third-order valence-corrected chi connectivity index (χ3v) is 1.60. The predicted octanol–water partition coefficient (Wildman–Crippen LogP) is 0.222. The Morgan fingerprint density at radius 3 is 3.00 bits per heavy atom. The molecule has 0 radical (unpaired) electrons. The van der Waals surface area contributed by atoms with Gasteiger partial charge in [0.05, 0.1) is 11.9 Å². The van der Waals surface area contributed by atoms with E-state index in [0.717, 1.165) is 6.54 Å². The molecule has 0 aliphatic carbocycles. The summed E-state index contributed by atoms with van der Waals surface area (Å²) in [7, 11) is 0. The van der Waals surface area contributed by atoms with E-state index >= 15 is 0 Å². The Labute approximate surface area is 76.4 Å². The second-order valence-corrected chi connectivity index (χ2v) is 2.75. The lowest BCUT2D eigenvalue weighted by Crippen LogP contribution is -2.24. The first-order valence-electron chi connectivity index (χ1n) is 4.15. The molecular weight excluding hydrogens is 170 g/mol. The monoisotopic (exact) mass is 183 g/mol. The standard InChI is InChI=1S/C8H13N3O2/c1-3-11-5-7(4-9-11)10-8(13)6(2)12/h4-6,12H,3H2,1-2H3,(H,10,13)/t6-/m1/s1. The Bertz CT molecular complexity index is 293. The van der Waals surface area contributed by atoms with Crippen molar-refractivity contribution in [1.29, 1.82) is 0 Å². The fourth-order valence-corrected chi connectivity index (χ4v) is 0.848. The maximum absolute atomic E-state index is 11.0. The normalized spacial score (nSPS) is 12.5. The minimum Gasteiger partial charge on any atom is -0.384 e. The van der Waals surface area contributed by atoms with Gasteiger partial charge in [0, 0.05) is 12.7 Å². The number of nitrogens with zero attached hydrogens (tertiary/aromatic N) is 2. The van der Waals surface area contributed by atoms with Crippen LogP contribution in [0.5, 0.6) is 0 Å². The fraction of sp³-hybridized carbons (Fsp3) is 0.500. The number of amides is 1. The summed E-state index contributed by atoms with van der Waals surface area (Å²) in [5, 5.41) is 15.4. The Morgan fingerprint density at radius 1 is 1.85 bits per heavy atom. The van der Waals surface area contributed by atoms with Crippen LogP contribution in [-0.4, -0.2) is 26.9 Å². The van der Waals surface area contributed by atoms with Gasteiger partial charge in [0.15, 0.2) is 0 Å². The number of aliphatic hydroxyl groups excluding tert-OH is 1. The summed E-state index contributed by atoms with van der Waals surface area (Å²) < 4.78 is 1.69. The topological polar surface area (TPSA) is 67.2 Å². The van der Waals surface area contributed by atoms with Crippen molar-refractivity contribution in [2.75, 3.05) is 5.32 Å². The van der Waals surface area contributed by atoms with Gasteiger partial charge in [0.2, 0.25) is 0 Å². The third kappa shape index (κ3) is 2.55. The average Bonchev–Trinajstić information content (AvgIpc) is 2.52. The first-order valence-corrected chi connectivity index (χ1v) is 4.15. The van der Waals surface area contributed by atoms with E-state index in [9.17, 15) is 4.79 Å². The molecule has 0 bridgehead atoms. The van der Waals surface area contributed by atoms with E-state index in [0.29, 0.717) is 5.69 Å². The van der Waals surface area contributed by atoms with Gasteiger partial charge in [0.25, 0.3) is 5.91 Å². The summed E-state index contributed by atoms with van der Waals surface area (Å²) in [5.74, 6) is -0.421. The van der Waals surface area contributed by atoms with Gasteiger partial charge in [0.1, 0.15) is 6.10 Å². The van der Waals surface area contributed by atoms with E-state index in [1.54, 1.807) is 17.1 Å². The molecular formula is C8H13N3O2. The van der Waals surface area contributed by atoms with E-state index in [4.69, 9.17) is 5.11 Å². The molecule has 72 valence electrons. The van der Waals surface area contributed by atoms with Gasteiger partial charge in [-0.1, -0.05) is 0 Å². The molecule has 5 heteroatoms. The number of aryl methyl sites for hydroxylation is 1. The molecule has 0 saturated heterocycles. The number of hydrogen-bond donors (Lipinski definition) is 2. The minimum atomic E-state index is -0.995. The molecule has 13 heavy (non-hydrogen) atoms. The Balaban J connectivity index is 2.59. The average molecular weight is 183 g/mol. The van der Waals surface area contributed by atoms with Gasteiger partial charge in [-0.3, -0.25) is 9.48 Å². The van der Waals surface area contributed by atoms with Gasteiger partial charge in [-0.25, -0.2) is 0 Å². The van der Waals surface area contributed by atoms with E-state index in [1.165, 1.54) is 6.92 Å². The van der Waals surface area contributed by atoms with Crippen LogP contribution in [0.3, 0.4) is 0 Å². The summed E-state index contributed by atoms with van der Waals surface area (Å²) in [5.41, 5.74) is 0.604. The third-order valence-electron chi connectivity index (χ3n) is 1.60. The summed E-state index contributed by atoms with van der Waals surface area (Å²) in [6.45, 7) is 4.12. The van der Waals surface area contributed by atoms with Crippen molar-refractivity contribution >= 4 is 11.6 Å². The second kappa shape index (κ2) is 4.04. The van der Waals surface area contributed by atoms with Crippen molar-refractivity contribution < 1.29 is 9.90 Å². The highest BCUT2D eigenvalue weighted by Gasteiger charge is 2.09. The van der Waals surface area contributed by atoms with Crippen LogP contribution in [0.1, 0.15) is 13.8 Å². The molecule has 1 amide bonds. The second-order valence-electron chi connectivity index (χ2n) is 2.75. The van der Waals surface area contributed by atoms with Crippen LogP contribution in [0.25, 0.3) is 0 Å². The van der Waals surface area contributed by atoms with Crippen molar-refractivity contribution in [2.45, 2.75) is 26.5 Å². The van der Waals surface area contributed by atoms with Crippen LogP contribution in [0.2, 0.25) is 0 Å². The van der Waals surface area contributed by atoms with Gasteiger partial charge in [-0.15, -0.1) is 0 Å². The molecule has 0 unspecified atom stereocenters. The van der Waals surface area contributed by atoms with Gasteiger partial charge >= 0.3 is 0 Å². The molecule has 0 aliphatic rings. The number of aliphatic hydroxyl groups is 1. The summed E-state index contributed by atoms with van der Waals surface area (Å²) in [6, 6.07) is 0. The number of rotatable bonds is 3. The molecule has 1 aromatic heterocycles. The molecule has 1 rings (SSSR count). The lowest BCUT2D eigenvalue weighted by molar-refractivity contribution is -0.123. The summed E-state index contributed by atoms with van der Waals surface area (Å²) in [6.07, 6.45) is 2.26. The Hall–Kier alpha value is -1.36. The van der Waals surface area contributed by atoms with Crippen LogP contribution >= 0.6 is 0 Å². The summed E-state index contributed by atoms with van der Waals surface area (Å²) in [4.78, 5) is 11.0. The Kier molecular flexibility index (Phi) is 3.02. The molecule has 0 aliphatic heterocycles. The molecule has 1 atom stereocenters. The first kappa shape index (κ1) is 9.73. The molecule has 0 saturated carbocycles. The number of carbonyl (C=O) groups excluding carboxylic acids is 1. The number of anilines is 1. The number of nitrogens with one attached hydrogen (secondary N) is 1. The van der Waals surface area contributed by atoms with E-state index in [-0.39, 0.29) is 0 Å². The highest BCUT2D eigenvalue weighted by Crippen LogP contribution is 2.04. The molecule has 1 heterocycles. The largest absolute Gasteiger partial charge is 0.384 e. The molecule has 1 aromatic rings. The Morgan fingerprint density at radius 2 is 2.54 bits per heavy atom. The van der Waals surface area contributed by atoms with Crippen molar-refractivity contribution in [2.24, 2.45) is 0 Å². The van der Waals surface area contributed by atoms with Crippen LogP contribution in [-0.2, 0) is 11.3 Å². The van der Waals surface area contributed by atoms with Crippen LogP contribution < -0.4 is 5.32 Å². The van der Waals surface area contributed by atoms with Crippen LogP contribution in [0.4, 0.5) is 5.69 Å². The SMILES string of the molecule is CCn1cc(NC(=O)[C@@H](C)O)cn1. The number of aromatic nitrogens is 2. The van der Waals surface area contributed by atoms with Crippen LogP contribution in [0.15, 0.2) is 12.4 Å². The maximum Gasteiger partial charge on any atom is 0.253 e. The van der Waals surface area contributed by atoms with E-state index in [1.807, 2.05) is 6.92 Å². The lowest BCUT2D eigenvalue weighted by atomic mass is 10.4. The van der Waals surface area contributed by atoms with Gasteiger partial charge < -0.3 is 10.4 Å². The quantitative estimate of drug-likeness (QED) is 0.704. The van der Waals surface area contributed by atoms with Crippen molar-refractivity contribution in [3.05, 3.63) is 12.4 Å². The van der Waals surface area contributed by atoms with Crippen molar-refractivity contribution in [3.63, 3.8) is 0 Å². The smallest absolute Gasteiger partial charge is 0.253 e. The number of hydrogen-bond acceptors (Lipinski definition) is 3. The molecule has 5 nitrogen and oxygen atoms in total. The highest BCUT2D eigenvalue weighted by atomic mass is 16.3. The molecule has 2 N–H and O–H groups in total. The van der Waals surface area contributed by atoms with E-state index < -0.39 is 12.0 Å².